The van der Waals surface area contributed by atoms with Gasteiger partial charge < -0.3 is 29.9 Å². The largest absolute Gasteiger partial charge is 0.482 e. The van der Waals surface area contributed by atoms with E-state index in [1.807, 2.05) is 71.6 Å². The number of para-hydroxylation sites is 2. The highest BCUT2D eigenvalue weighted by Crippen LogP contribution is 2.33. The number of rotatable bonds is 13. The standard InChI is InChI=1S/C35H41ClN4O5/c36-28-13-14-29(27-15-19-39(20-16-27)21-22-40-31-11-5-6-12-32(31)44-25-33(40)41)30(23-28)34(42)37-17-7-2-8-18-38-35(43)45-24-26-9-3-1-4-10-26/h1,3-6,9-14,23,27H,2,7-8,15-22,24-25H2,(H,37,42)(H,38,43). The highest BCUT2D eigenvalue weighted by atomic mass is 35.5. The Morgan fingerprint density at radius 3 is 2.42 bits per heavy atom. The number of fused-ring (bicyclic) bond motifs is 1. The summed E-state index contributed by atoms with van der Waals surface area (Å²) in [6.07, 6.45) is 3.89. The maximum absolute atomic E-state index is 13.2. The van der Waals surface area contributed by atoms with Gasteiger partial charge in [0.05, 0.1) is 5.69 Å². The zero-order valence-corrected chi connectivity index (χ0v) is 26.3. The monoisotopic (exact) mass is 632 g/mol. The molecule has 0 unspecified atom stereocenters. The lowest BCUT2D eigenvalue weighted by atomic mass is 9.86. The maximum Gasteiger partial charge on any atom is 0.407 e. The summed E-state index contributed by atoms with van der Waals surface area (Å²) in [5, 5.41) is 6.37. The van der Waals surface area contributed by atoms with E-state index in [4.69, 9.17) is 21.1 Å². The molecule has 2 aliphatic rings. The van der Waals surface area contributed by atoms with Crippen LogP contribution in [0.3, 0.4) is 0 Å². The molecule has 0 saturated carbocycles. The number of ether oxygens (including phenoxy) is 2. The van der Waals surface area contributed by atoms with Crippen molar-refractivity contribution in [2.75, 3.05) is 50.8 Å². The Labute approximate surface area is 269 Å². The van der Waals surface area contributed by atoms with E-state index in [-0.39, 0.29) is 30.9 Å². The van der Waals surface area contributed by atoms with Crippen LogP contribution in [0.4, 0.5) is 10.5 Å². The van der Waals surface area contributed by atoms with Gasteiger partial charge in [0.15, 0.2) is 6.61 Å². The van der Waals surface area contributed by atoms with Crippen LogP contribution in [0.5, 0.6) is 5.75 Å². The first-order valence-electron chi connectivity index (χ1n) is 15.7. The number of carbonyl (C=O) groups excluding carboxylic acids is 3. The fourth-order valence-electron chi connectivity index (χ4n) is 5.88. The summed E-state index contributed by atoms with van der Waals surface area (Å²) >= 11 is 6.31. The molecule has 3 aromatic rings. The van der Waals surface area contributed by atoms with E-state index in [2.05, 4.69) is 15.5 Å². The van der Waals surface area contributed by atoms with Crippen molar-refractivity contribution in [2.24, 2.45) is 0 Å². The van der Waals surface area contributed by atoms with E-state index in [9.17, 15) is 14.4 Å². The molecule has 238 valence electrons. The zero-order chi connectivity index (χ0) is 31.4. The van der Waals surface area contributed by atoms with Gasteiger partial charge in [-0.3, -0.25) is 9.59 Å². The predicted molar refractivity (Wildman–Crippen MR) is 175 cm³/mol. The molecule has 0 aromatic heterocycles. The Morgan fingerprint density at radius 2 is 1.62 bits per heavy atom. The van der Waals surface area contributed by atoms with Crippen LogP contribution in [-0.4, -0.2) is 68.7 Å². The average Bonchev–Trinajstić information content (AvgIpc) is 3.07. The fourth-order valence-corrected chi connectivity index (χ4v) is 6.05. The smallest absolute Gasteiger partial charge is 0.407 e. The number of benzene rings is 3. The number of piperidine rings is 1. The van der Waals surface area contributed by atoms with E-state index >= 15 is 0 Å². The molecule has 9 nitrogen and oxygen atoms in total. The molecule has 3 amide bonds. The molecule has 3 aromatic carbocycles. The molecule has 0 aliphatic carbocycles. The summed E-state index contributed by atoms with van der Waals surface area (Å²) in [5.74, 6) is 0.884. The number of hydrogen-bond donors (Lipinski definition) is 2. The van der Waals surface area contributed by atoms with Crippen LogP contribution < -0.4 is 20.3 Å². The first-order chi connectivity index (χ1) is 22.0. The molecule has 10 heteroatoms. The van der Waals surface area contributed by atoms with Gasteiger partial charge in [-0.25, -0.2) is 4.79 Å². The Bertz CT molecular complexity index is 1440. The number of anilines is 1. The van der Waals surface area contributed by atoms with Crippen LogP contribution >= 0.6 is 11.6 Å². The molecule has 0 bridgehead atoms. The van der Waals surface area contributed by atoms with Crippen molar-refractivity contribution in [1.29, 1.82) is 0 Å². The number of nitrogens with one attached hydrogen (secondary N) is 2. The Balaban J connectivity index is 1.01. The minimum Gasteiger partial charge on any atom is -0.482 e. The zero-order valence-electron chi connectivity index (χ0n) is 25.5. The molecule has 0 radical (unpaired) electrons. The van der Waals surface area contributed by atoms with Crippen LogP contribution in [0.25, 0.3) is 0 Å². The second kappa shape index (κ2) is 16.3. The summed E-state index contributed by atoms with van der Waals surface area (Å²) in [4.78, 5) is 41.8. The van der Waals surface area contributed by atoms with Gasteiger partial charge in [-0.1, -0.05) is 60.1 Å². The van der Waals surface area contributed by atoms with E-state index in [1.54, 1.807) is 6.07 Å². The normalized spacial score (nSPS) is 15.2. The summed E-state index contributed by atoms with van der Waals surface area (Å²) in [6.45, 7) is 4.57. The molecule has 45 heavy (non-hydrogen) atoms. The summed E-state index contributed by atoms with van der Waals surface area (Å²) in [6, 6.07) is 22.8. The number of hydrogen-bond acceptors (Lipinski definition) is 6. The van der Waals surface area contributed by atoms with E-state index < -0.39 is 6.09 Å². The highest BCUT2D eigenvalue weighted by molar-refractivity contribution is 6.31. The summed E-state index contributed by atoms with van der Waals surface area (Å²) < 4.78 is 10.8. The molecule has 5 rings (SSSR count). The number of alkyl carbamates (subject to hydrolysis) is 1. The van der Waals surface area contributed by atoms with E-state index in [1.165, 1.54) is 0 Å². The van der Waals surface area contributed by atoms with Crippen molar-refractivity contribution in [1.82, 2.24) is 15.5 Å². The van der Waals surface area contributed by atoms with E-state index in [0.29, 0.717) is 30.2 Å². The molecule has 0 spiro atoms. The number of unbranched alkanes of at least 4 members (excludes halogenated alkanes) is 2. The van der Waals surface area contributed by atoms with Gasteiger partial charge in [-0.2, -0.15) is 0 Å². The highest BCUT2D eigenvalue weighted by Gasteiger charge is 2.28. The van der Waals surface area contributed by atoms with Crippen LogP contribution in [0.2, 0.25) is 5.02 Å². The first-order valence-corrected chi connectivity index (χ1v) is 16.1. The minimum atomic E-state index is -0.426. The van der Waals surface area contributed by atoms with Crippen LogP contribution in [0.1, 0.15) is 59.5 Å². The molecular formula is C35H41ClN4O5. The second-order valence-electron chi connectivity index (χ2n) is 11.5. The average molecular weight is 633 g/mol. The number of likely N-dealkylation sites (tertiary alicyclic amines) is 1. The number of halogens is 1. The van der Waals surface area contributed by atoms with Crippen LogP contribution in [0, 0.1) is 0 Å². The third-order valence-corrected chi connectivity index (χ3v) is 8.59. The van der Waals surface area contributed by atoms with Crippen molar-refractivity contribution < 1.29 is 23.9 Å². The quantitative estimate of drug-likeness (QED) is 0.232. The van der Waals surface area contributed by atoms with Crippen molar-refractivity contribution in [2.45, 2.75) is 44.6 Å². The van der Waals surface area contributed by atoms with Gasteiger partial charge in [0.2, 0.25) is 0 Å². The van der Waals surface area contributed by atoms with Gasteiger partial charge in [0.1, 0.15) is 12.4 Å². The Kier molecular flexibility index (Phi) is 11.7. The number of amides is 3. The Morgan fingerprint density at radius 1 is 0.889 bits per heavy atom. The number of carbonyl (C=O) groups is 3. The molecule has 0 atom stereocenters. The third-order valence-electron chi connectivity index (χ3n) is 8.36. The fraction of sp³-hybridized carbons (Fsp3) is 0.400. The minimum absolute atomic E-state index is 0.0173. The molecular weight excluding hydrogens is 592 g/mol. The number of nitrogens with zero attached hydrogens (tertiary/aromatic N) is 2. The maximum atomic E-state index is 13.2. The molecule has 2 aliphatic heterocycles. The predicted octanol–water partition coefficient (Wildman–Crippen LogP) is 5.77. The van der Waals surface area contributed by atoms with Crippen molar-refractivity contribution in [3.63, 3.8) is 0 Å². The SMILES string of the molecule is O=C(NCCCCCNC(=O)c1cc(Cl)ccc1C1CCN(CCN2C(=O)COc3ccccc32)CC1)OCc1ccccc1. The lowest BCUT2D eigenvalue weighted by molar-refractivity contribution is -0.121. The van der Waals surface area contributed by atoms with Crippen LogP contribution in [-0.2, 0) is 16.1 Å². The van der Waals surface area contributed by atoms with Crippen molar-refractivity contribution >= 4 is 35.2 Å². The van der Waals surface area contributed by atoms with Gasteiger partial charge in [0.25, 0.3) is 11.8 Å². The van der Waals surface area contributed by atoms with E-state index in [0.717, 1.165) is 74.3 Å². The van der Waals surface area contributed by atoms with Gasteiger partial charge in [-0.05, 0) is 86.5 Å². The lowest BCUT2D eigenvalue weighted by Gasteiger charge is -2.35. The molecule has 2 N–H and O–H groups in total. The van der Waals surface area contributed by atoms with Gasteiger partial charge in [0, 0.05) is 36.8 Å². The molecule has 1 saturated heterocycles. The summed E-state index contributed by atoms with van der Waals surface area (Å²) in [5.41, 5.74) is 3.45. The topological polar surface area (TPSA) is 100 Å². The van der Waals surface area contributed by atoms with Gasteiger partial charge >= 0.3 is 6.09 Å². The van der Waals surface area contributed by atoms with Gasteiger partial charge in [-0.15, -0.1) is 0 Å². The van der Waals surface area contributed by atoms with Crippen molar-refractivity contribution in [3.8, 4) is 5.75 Å². The lowest BCUT2D eigenvalue weighted by Crippen LogP contribution is -2.45. The first kappa shape index (κ1) is 32.3. The van der Waals surface area contributed by atoms with Crippen LogP contribution in [0.15, 0.2) is 72.8 Å². The third kappa shape index (κ3) is 9.22. The second-order valence-corrected chi connectivity index (χ2v) is 11.9. The van der Waals surface area contributed by atoms with Crippen molar-refractivity contribution in [3.05, 3.63) is 94.5 Å². The Hall–Kier alpha value is -4.08. The summed E-state index contributed by atoms with van der Waals surface area (Å²) in [7, 11) is 0. The molecule has 2 heterocycles. The molecule has 1 fully saturated rings.